The van der Waals surface area contributed by atoms with Crippen LogP contribution < -0.4 is 4.72 Å². The molecular formula is C21H23FN2O5S. The molecule has 2 aromatic rings. The number of sulfonamides is 1. The first-order valence-corrected chi connectivity index (χ1v) is 10.5. The van der Waals surface area contributed by atoms with E-state index in [2.05, 4.69) is 11.3 Å². The number of likely N-dealkylation sites (N-methyl/N-ethyl adjacent to an activating group) is 1. The Labute approximate surface area is 175 Å². The fourth-order valence-electron chi connectivity index (χ4n) is 2.61. The van der Waals surface area contributed by atoms with Crippen molar-refractivity contribution in [2.24, 2.45) is 0 Å². The molecule has 0 spiro atoms. The lowest BCUT2D eigenvalue weighted by Crippen LogP contribution is -2.37. The number of ether oxygens (including phenoxy) is 1. The maximum absolute atomic E-state index is 14.0. The van der Waals surface area contributed by atoms with Gasteiger partial charge in [-0.2, -0.15) is 0 Å². The topological polar surface area (TPSA) is 92.8 Å². The van der Waals surface area contributed by atoms with Crippen molar-refractivity contribution in [1.82, 2.24) is 9.62 Å². The monoisotopic (exact) mass is 434 g/mol. The van der Waals surface area contributed by atoms with Crippen molar-refractivity contribution < 1.29 is 27.1 Å². The molecule has 0 aliphatic heterocycles. The first-order valence-electron chi connectivity index (χ1n) is 9.05. The molecule has 2 aromatic carbocycles. The van der Waals surface area contributed by atoms with E-state index < -0.39 is 38.7 Å². The number of hydrogen-bond donors (Lipinski definition) is 1. The average Bonchev–Trinajstić information content (AvgIpc) is 2.72. The lowest BCUT2D eigenvalue weighted by Gasteiger charge is -2.21. The zero-order valence-electron chi connectivity index (χ0n) is 16.7. The Kier molecular flexibility index (Phi) is 7.85. The molecule has 0 bridgehead atoms. The second-order valence-electron chi connectivity index (χ2n) is 6.51. The molecule has 1 N–H and O–H groups in total. The number of nitrogens with zero attached hydrogens (tertiary/aromatic N) is 1. The van der Waals surface area contributed by atoms with E-state index in [4.69, 9.17) is 4.74 Å². The van der Waals surface area contributed by atoms with E-state index in [0.29, 0.717) is 6.54 Å². The summed E-state index contributed by atoms with van der Waals surface area (Å²) in [6, 6.07) is 12.1. The third kappa shape index (κ3) is 5.98. The molecule has 0 aliphatic rings. The fourth-order valence-corrected chi connectivity index (χ4v) is 3.71. The lowest BCUT2D eigenvalue weighted by atomic mass is 10.2. The summed E-state index contributed by atoms with van der Waals surface area (Å²) in [6.07, 6.45) is 0.183. The van der Waals surface area contributed by atoms with Gasteiger partial charge in [0, 0.05) is 20.1 Å². The SMILES string of the molecule is C=CCNS(=O)(=O)c1cc(C(=O)OC(C)C(=O)N(C)Cc2ccccc2)ccc1F. The Bertz CT molecular complexity index is 1020. The summed E-state index contributed by atoms with van der Waals surface area (Å²) in [5, 5.41) is 0. The quantitative estimate of drug-likeness (QED) is 0.484. The lowest BCUT2D eigenvalue weighted by molar-refractivity contribution is -0.139. The Morgan fingerprint density at radius 1 is 1.23 bits per heavy atom. The highest BCUT2D eigenvalue weighted by molar-refractivity contribution is 7.89. The van der Waals surface area contributed by atoms with Crippen LogP contribution in [0.25, 0.3) is 0 Å². The van der Waals surface area contributed by atoms with Gasteiger partial charge >= 0.3 is 5.97 Å². The van der Waals surface area contributed by atoms with E-state index in [0.717, 1.165) is 23.8 Å². The normalized spacial score (nSPS) is 12.1. The summed E-state index contributed by atoms with van der Waals surface area (Å²) >= 11 is 0. The second kappa shape index (κ2) is 10.1. The van der Waals surface area contributed by atoms with Gasteiger partial charge in [-0.15, -0.1) is 6.58 Å². The third-order valence-electron chi connectivity index (χ3n) is 4.14. The van der Waals surface area contributed by atoms with Crippen LogP contribution in [0, 0.1) is 5.82 Å². The van der Waals surface area contributed by atoms with Crippen LogP contribution in [0.5, 0.6) is 0 Å². The summed E-state index contributed by atoms with van der Waals surface area (Å²) in [6.45, 7) is 5.02. The van der Waals surface area contributed by atoms with E-state index in [1.807, 2.05) is 30.3 Å². The minimum Gasteiger partial charge on any atom is -0.449 e. The first kappa shape index (κ1) is 23.2. The Morgan fingerprint density at radius 3 is 2.53 bits per heavy atom. The van der Waals surface area contributed by atoms with Crippen LogP contribution in [0.1, 0.15) is 22.8 Å². The molecule has 0 fully saturated rings. The number of amides is 1. The minimum atomic E-state index is -4.18. The van der Waals surface area contributed by atoms with Crippen LogP contribution in [0.3, 0.4) is 0 Å². The second-order valence-corrected chi connectivity index (χ2v) is 8.25. The van der Waals surface area contributed by atoms with Gasteiger partial charge in [0.1, 0.15) is 10.7 Å². The van der Waals surface area contributed by atoms with E-state index in [1.165, 1.54) is 17.9 Å². The number of carbonyl (C=O) groups is 2. The summed E-state index contributed by atoms with van der Waals surface area (Å²) in [5.74, 6) is -2.39. The van der Waals surface area contributed by atoms with Crippen molar-refractivity contribution in [3.63, 3.8) is 0 Å². The molecule has 30 heavy (non-hydrogen) atoms. The molecule has 0 aromatic heterocycles. The van der Waals surface area contributed by atoms with E-state index >= 15 is 0 Å². The van der Waals surface area contributed by atoms with Crippen LogP contribution >= 0.6 is 0 Å². The van der Waals surface area contributed by atoms with E-state index in [1.54, 1.807) is 7.05 Å². The van der Waals surface area contributed by atoms with Gasteiger partial charge in [0.2, 0.25) is 10.0 Å². The van der Waals surface area contributed by atoms with Gasteiger partial charge in [0.05, 0.1) is 5.56 Å². The Hall–Kier alpha value is -3.04. The molecule has 9 heteroatoms. The van der Waals surface area contributed by atoms with E-state index in [-0.39, 0.29) is 12.1 Å². The largest absolute Gasteiger partial charge is 0.449 e. The third-order valence-corrected chi connectivity index (χ3v) is 5.58. The summed E-state index contributed by atoms with van der Waals surface area (Å²) in [7, 11) is -2.60. The van der Waals surface area contributed by atoms with Gasteiger partial charge in [-0.3, -0.25) is 4.79 Å². The number of nitrogens with one attached hydrogen (secondary N) is 1. The number of esters is 1. The van der Waals surface area contributed by atoms with Crippen molar-refractivity contribution in [1.29, 1.82) is 0 Å². The molecule has 1 unspecified atom stereocenters. The molecule has 7 nitrogen and oxygen atoms in total. The van der Waals surface area contributed by atoms with Gasteiger partial charge in [-0.1, -0.05) is 36.4 Å². The predicted molar refractivity (Wildman–Crippen MR) is 110 cm³/mol. The molecule has 0 saturated heterocycles. The van der Waals surface area contributed by atoms with Crippen molar-refractivity contribution in [2.75, 3.05) is 13.6 Å². The standard InChI is InChI=1S/C21H23FN2O5S/c1-4-12-23-30(27,28)19-13-17(10-11-18(19)22)21(26)29-15(2)20(25)24(3)14-16-8-6-5-7-9-16/h4-11,13,15,23H,1,12,14H2,2-3H3. The molecule has 2 rings (SSSR count). The maximum atomic E-state index is 14.0. The van der Waals surface area contributed by atoms with Crippen LogP contribution in [-0.2, 0) is 26.1 Å². The number of hydrogen-bond acceptors (Lipinski definition) is 5. The zero-order chi connectivity index (χ0) is 22.3. The van der Waals surface area contributed by atoms with Gasteiger partial charge in [0.25, 0.3) is 5.91 Å². The molecule has 1 amide bonds. The van der Waals surface area contributed by atoms with Crippen LogP contribution in [0.2, 0.25) is 0 Å². The van der Waals surface area contributed by atoms with Crippen LogP contribution in [0.4, 0.5) is 4.39 Å². The van der Waals surface area contributed by atoms with Crippen LogP contribution in [0.15, 0.2) is 66.1 Å². The zero-order valence-corrected chi connectivity index (χ0v) is 17.5. The smallest absolute Gasteiger partial charge is 0.338 e. The first-order chi connectivity index (χ1) is 14.2. The van der Waals surface area contributed by atoms with Crippen molar-refractivity contribution in [3.05, 3.63) is 78.1 Å². The highest BCUT2D eigenvalue weighted by Gasteiger charge is 2.25. The van der Waals surface area contributed by atoms with Crippen molar-refractivity contribution >= 4 is 21.9 Å². The van der Waals surface area contributed by atoms with Gasteiger partial charge in [0.15, 0.2) is 6.10 Å². The Morgan fingerprint density at radius 2 is 1.90 bits per heavy atom. The molecule has 0 heterocycles. The van der Waals surface area contributed by atoms with Gasteiger partial charge < -0.3 is 9.64 Å². The minimum absolute atomic E-state index is 0.101. The van der Waals surface area contributed by atoms with Crippen molar-refractivity contribution in [3.8, 4) is 0 Å². The summed E-state index contributed by atoms with van der Waals surface area (Å²) in [5.41, 5.74) is 0.716. The molecular weight excluding hydrogens is 411 g/mol. The molecule has 0 saturated carbocycles. The van der Waals surface area contributed by atoms with Crippen LogP contribution in [-0.4, -0.2) is 44.9 Å². The highest BCUT2D eigenvalue weighted by Crippen LogP contribution is 2.18. The number of carbonyl (C=O) groups excluding carboxylic acids is 2. The van der Waals surface area contributed by atoms with Gasteiger partial charge in [-0.25, -0.2) is 22.3 Å². The fraction of sp³-hybridized carbons (Fsp3) is 0.238. The highest BCUT2D eigenvalue weighted by atomic mass is 32.2. The molecule has 1 atom stereocenters. The number of benzene rings is 2. The molecule has 0 radical (unpaired) electrons. The molecule has 0 aliphatic carbocycles. The summed E-state index contributed by atoms with van der Waals surface area (Å²) < 4.78 is 45.6. The average molecular weight is 434 g/mol. The number of halogens is 1. The summed E-state index contributed by atoms with van der Waals surface area (Å²) in [4.78, 5) is 25.6. The predicted octanol–water partition coefficient (Wildman–Crippen LogP) is 2.49. The molecule has 160 valence electrons. The van der Waals surface area contributed by atoms with Crippen molar-refractivity contribution in [2.45, 2.75) is 24.5 Å². The van der Waals surface area contributed by atoms with E-state index in [9.17, 15) is 22.4 Å². The number of rotatable bonds is 9. The Balaban J connectivity index is 2.10. The van der Waals surface area contributed by atoms with Gasteiger partial charge in [-0.05, 0) is 30.7 Å². The maximum Gasteiger partial charge on any atom is 0.338 e.